The van der Waals surface area contributed by atoms with Gasteiger partial charge in [-0.3, -0.25) is 4.79 Å². The van der Waals surface area contributed by atoms with Crippen LogP contribution in [0.3, 0.4) is 0 Å². The van der Waals surface area contributed by atoms with Crippen molar-refractivity contribution in [3.05, 3.63) is 36.5 Å². The third-order valence-corrected chi connectivity index (χ3v) is 10.9. The zero-order chi connectivity index (χ0) is 40.9. The lowest BCUT2D eigenvalue weighted by Crippen LogP contribution is -2.60. The predicted octanol–water partition coefficient (Wildman–Crippen LogP) is 9.67. The summed E-state index contributed by atoms with van der Waals surface area (Å²) in [5.74, 6) is -0.223. The quantitative estimate of drug-likeness (QED) is 0.0268. The molecular formula is C47H87NO8. The maximum atomic E-state index is 12.8. The lowest BCUT2D eigenvalue weighted by atomic mass is 9.99. The first-order valence-electron chi connectivity index (χ1n) is 23.2. The molecule has 1 fully saturated rings. The molecule has 7 unspecified atom stereocenters. The Morgan fingerprint density at radius 1 is 0.589 bits per heavy atom. The van der Waals surface area contributed by atoms with Crippen molar-refractivity contribution in [2.45, 2.75) is 243 Å². The van der Waals surface area contributed by atoms with E-state index in [2.05, 4.69) is 43.5 Å². The summed E-state index contributed by atoms with van der Waals surface area (Å²) in [7, 11) is 0. The highest BCUT2D eigenvalue weighted by Gasteiger charge is 2.44. The molecule has 0 saturated carbocycles. The second kappa shape index (κ2) is 37.7. The Kier molecular flexibility index (Phi) is 35.3. The first-order chi connectivity index (χ1) is 27.3. The van der Waals surface area contributed by atoms with Gasteiger partial charge in [-0.2, -0.15) is 0 Å². The fraction of sp³-hybridized carbons (Fsp3) is 0.851. The second-order valence-electron chi connectivity index (χ2n) is 16.2. The summed E-state index contributed by atoms with van der Waals surface area (Å²) in [5, 5.41) is 54.0. The van der Waals surface area contributed by atoms with Crippen molar-refractivity contribution >= 4 is 5.91 Å². The molecule has 6 N–H and O–H groups in total. The smallest absolute Gasteiger partial charge is 0.220 e. The summed E-state index contributed by atoms with van der Waals surface area (Å²) in [4.78, 5) is 12.8. The van der Waals surface area contributed by atoms with Gasteiger partial charge >= 0.3 is 0 Å². The molecule has 328 valence electrons. The van der Waals surface area contributed by atoms with Crippen LogP contribution in [0.2, 0.25) is 0 Å². The summed E-state index contributed by atoms with van der Waals surface area (Å²) < 4.78 is 11.2. The molecule has 56 heavy (non-hydrogen) atoms. The van der Waals surface area contributed by atoms with E-state index < -0.39 is 49.5 Å². The highest BCUT2D eigenvalue weighted by molar-refractivity contribution is 5.76. The molecule has 0 aromatic rings. The van der Waals surface area contributed by atoms with Gasteiger partial charge in [0.15, 0.2) is 6.29 Å². The van der Waals surface area contributed by atoms with Gasteiger partial charge in [0.25, 0.3) is 0 Å². The van der Waals surface area contributed by atoms with Crippen molar-refractivity contribution in [2.24, 2.45) is 0 Å². The molecular weight excluding hydrogens is 707 g/mol. The van der Waals surface area contributed by atoms with Gasteiger partial charge < -0.3 is 40.3 Å². The summed E-state index contributed by atoms with van der Waals surface area (Å²) in [6.07, 6.45) is 39.4. The van der Waals surface area contributed by atoms with Gasteiger partial charge in [-0.05, 0) is 51.4 Å². The number of aliphatic hydroxyl groups excluding tert-OH is 5. The number of aliphatic hydroxyl groups is 5. The third-order valence-electron chi connectivity index (χ3n) is 10.9. The number of allylic oxidation sites excluding steroid dienone is 5. The van der Waals surface area contributed by atoms with Gasteiger partial charge in [0.1, 0.15) is 24.4 Å². The molecule has 7 atom stereocenters. The number of nitrogens with one attached hydrogen (secondary N) is 1. The molecule has 1 rings (SSSR count). The van der Waals surface area contributed by atoms with Crippen LogP contribution in [0.25, 0.3) is 0 Å². The van der Waals surface area contributed by atoms with E-state index in [0.29, 0.717) is 6.42 Å². The molecule has 0 radical (unpaired) electrons. The van der Waals surface area contributed by atoms with Crippen LogP contribution < -0.4 is 5.32 Å². The average Bonchev–Trinajstić information content (AvgIpc) is 3.20. The van der Waals surface area contributed by atoms with Crippen molar-refractivity contribution < 1.29 is 39.8 Å². The molecule has 0 spiro atoms. The second-order valence-corrected chi connectivity index (χ2v) is 16.2. The van der Waals surface area contributed by atoms with Crippen LogP contribution in [0.4, 0.5) is 0 Å². The molecule has 1 heterocycles. The number of hydrogen-bond acceptors (Lipinski definition) is 8. The van der Waals surface area contributed by atoms with E-state index in [1.165, 1.54) is 141 Å². The topological polar surface area (TPSA) is 149 Å². The van der Waals surface area contributed by atoms with E-state index in [1.807, 2.05) is 6.08 Å². The summed E-state index contributed by atoms with van der Waals surface area (Å²) in [6.45, 7) is 3.70. The van der Waals surface area contributed by atoms with E-state index in [1.54, 1.807) is 6.08 Å². The van der Waals surface area contributed by atoms with E-state index in [4.69, 9.17) is 9.47 Å². The molecule has 1 amide bonds. The summed E-state index contributed by atoms with van der Waals surface area (Å²) >= 11 is 0. The van der Waals surface area contributed by atoms with Crippen LogP contribution >= 0.6 is 0 Å². The van der Waals surface area contributed by atoms with Crippen LogP contribution in [0, 0.1) is 0 Å². The molecule has 1 saturated heterocycles. The van der Waals surface area contributed by atoms with Crippen molar-refractivity contribution in [1.29, 1.82) is 0 Å². The van der Waals surface area contributed by atoms with Crippen molar-refractivity contribution in [2.75, 3.05) is 13.2 Å². The molecule has 0 aliphatic carbocycles. The lowest BCUT2D eigenvalue weighted by molar-refractivity contribution is -0.302. The minimum Gasteiger partial charge on any atom is -0.394 e. The number of rotatable bonds is 38. The van der Waals surface area contributed by atoms with Crippen LogP contribution in [-0.4, -0.2) is 87.5 Å². The molecule has 0 aromatic carbocycles. The Morgan fingerprint density at radius 3 is 1.52 bits per heavy atom. The van der Waals surface area contributed by atoms with Gasteiger partial charge in [0.2, 0.25) is 5.91 Å². The summed E-state index contributed by atoms with van der Waals surface area (Å²) in [6, 6.07) is -0.833. The van der Waals surface area contributed by atoms with E-state index >= 15 is 0 Å². The van der Waals surface area contributed by atoms with E-state index in [0.717, 1.165) is 32.1 Å². The van der Waals surface area contributed by atoms with Gasteiger partial charge in [0, 0.05) is 6.42 Å². The van der Waals surface area contributed by atoms with Gasteiger partial charge in [-0.25, -0.2) is 0 Å². The average molecular weight is 794 g/mol. The number of ether oxygens (including phenoxy) is 2. The van der Waals surface area contributed by atoms with Gasteiger partial charge in [-0.1, -0.05) is 179 Å². The van der Waals surface area contributed by atoms with E-state index in [9.17, 15) is 30.3 Å². The monoisotopic (exact) mass is 794 g/mol. The van der Waals surface area contributed by atoms with Crippen LogP contribution in [0.15, 0.2) is 36.5 Å². The molecule has 9 nitrogen and oxygen atoms in total. The Balaban J connectivity index is 2.30. The van der Waals surface area contributed by atoms with Crippen LogP contribution in [-0.2, 0) is 14.3 Å². The highest BCUT2D eigenvalue weighted by Crippen LogP contribution is 2.22. The lowest BCUT2D eigenvalue weighted by Gasteiger charge is -2.40. The zero-order valence-corrected chi connectivity index (χ0v) is 35.9. The van der Waals surface area contributed by atoms with E-state index in [-0.39, 0.29) is 18.9 Å². The van der Waals surface area contributed by atoms with Crippen molar-refractivity contribution in [3.8, 4) is 0 Å². The molecule has 9 heteroatoms. The fourth-order valence-electron chi connectivity index (χ4n) is 7.18. The first-order valence-corrected chi connectivity index (χ1v) is 23.2. The highest BCUT2D eigenvalue weighted by atomic mass is 16.7. The normalized spacial score (nSPS) is 21.4. The number of unbranched alkanes of at least 4 members (excludes halogenated alkanes) is 24. The SMILES string of the molecule is CCCCCC/C=C\CCCC(=O)NC(COC1OC(CO)C(O)C(O)C1O)C(O)/C=C/CC/C=C/CCCCCCCCCCCCCCCCCCCC. The maximum absolute atomic E-state index is 12.8. The minimum atomic E-state index is -1.57. The number of amides is 1. The molecule has 0 bridgehead atoms. The minimum absolute atomic E-state index is 0.211. The number of hydrogen-bond donors (Lipinski definition) is 6. The molecule has 0 aromatic heterocycles. The fourth-order valence-corrected chi connectivity index (χ4v) is 7.18. The summed E-state index contributed by atoms with van der Waals surface area (Å²) in [5.41, 5.74) is 0. The first kappa shape index (κ1) is 52.4. The van der Waals surface area contributed by atoms with Crippen molar-refractivity contribution in [1.82, 2.24) is 5.32 Å². The van der Waals surface area contributed by atoms with Crippen LogP contribution in [0.1, 0.15) is 200 Å². The van der Waals surface area contributed by atoms with Crippen LogP contribution in [0.5, 0.6) is 0 Å². The predicted molar refractivity (Wildman–Crippen MR) is 230 cm³/mol. The van der Waals surface area contributed by atoms with Crippen molar-refractivity contribution in [3.63, 3.8) is 0 Å². The largest absolute Gasteiger partial charge is 0.394 e. The standard InChI is InChI=1S/C47H87NO8/c1-3-5-7-9-11-13-14-15-16-17-18-19-20-21-22-23-24-25-26-27-29-30-32-34-36-41(50)40(39-55-47-46(54)45(53)44(52)42(38-49)56-47)48-43(51)37-35-33-31-28-12-10-8-6-4-2/h27-29,31,34,36,40-42,44-47,49-50,52-54H,3-26,30,32-33,35,37-39H2,1-2H3,(H,48,51)/b29-27+,31-28-,36-34+. The Hall–Kier alpha value is -1.59. The van der Waals surface area contributed by atoms with Gasteiger partial charge in [-0.15, -0.1) is 0 Å². The number of carbonyl (C=O) groups is 1. The molecule has 1 aliphatic rings. The maximum Gasteiger partial charge on any atom is 0.220 e. The molecule has 1 aliphatic heterocycles. The third kappa shape index (κ3) is 27.9. The Bertz CT molecular complexity index is 972. The zero-order valence-electron chi connectivity index (χ0n) is 35.9. The number of carbonyl (C=O) groups excluding carboxylic acids is 1. The van der Waals surface area contributed by atoms with Gasteiger partial charge in [0.05, 0.1) is 25.4 Å². The Labute approximate surface area is 342 Å². The Morgan fingerprint density at radius 2 is 1.02 bits per heavy atom.